The Morgan fingerprint density at radius 1 is 1.33 bits per heavy atom. The highest BCUT2D eigenvalue weighted by Gasteiger charge is 2.34. The highest BCUT2D eigenvalue weighted by molar-refractivity contribution is 5.97. The summed E-state index contributed by atoms with van der Waals surface area (Å²) in [5.74, 6) is -0.570. The third-order valence-electron chi connectivity index (χ3n) is 3.72. The number of rotatable bonds is 2. The van der Waals surface area contributed by atoms with E-state index in [4.69, 9.17) is 9.47 Å². The van der Waals surface area contributed by atoms with Gasteiger partial charge in [0.15, 0.2) is 0 Å². The molecule has 1 aliphatic rings. The van der Waals surface area contributed by atoms with Crippen LogP contribution in [-0.2, 0) is 16.0 Å². The largest absolute Gasteiger partial charge is 0.496 e. The summed E-state index contributed by atoms with van der Waals surface area (Å²) in [6.07, 6.45) is -0.322. The molecule has 21 heavy (non-hydrogen) atoms. The van der Waals surface area contributed by atoms with E-state index in [1.54, 1.807) is 12.1 Å². The number of aliphatic hydroxyl groups excluding tert-OH is 1. The maximum atomic E-state index is 11.8. The van der Waals surface area contributed by atoms with Gasteiger partial charge in [-0.05, 0) is 18.1 Å². The van der Waals surface area contributed by atoms with Crippen molar-refractivity contribution >= 4 is 17.6 Å². The summed E-state index contributed by atoms with van der Waals surface area (Å²) in [5, 5.41) is 10.2. The molecule has 0 spiro atoms. The molecule has 2 unspecified atom stereocenters. The molecule has 0 bridgehead atoms. The Hall–Kier alpha value is -2.08. The predicted octanol–water partition coefficient (Wildman–Crippen LogP) is 1.35. The summed E-state index contributed by atoms with van der Waals surface area (Å²) < 4.78 is 9.95. The van der Waals surface area contributed by atoms with Crippen molar-refractivity contribution in [2.45, 2.75) is 26.5 Å². The summed E-state index contributed by atoms with van der Waals surface area (Å²) in [7, 11) is 2.74. The fourth-order valence-electron chi connectivity index (χ4n) is 2.65. The van der Waals surface area contributed by atoms with E-state index in [0.29, 0.717) is 23.4 Å². The number of carbonyl (C=O) groups is 2. The Kier molecular flexibility index (Phi) is 4.18. The van der Waals surface area contributed by atoms with E-state index in [9.17, 15) is 14.7 Å². The van der Waals surface area contributed by atoms with E-state index in [1.165, 1.54) is 26.0 Å². The molecule has 6 heteroatoms. The number of hydrogen-bond acceptors (Lipinski definition) is 5. The van der Waals surface area contributed by atoms with Crippen molar-refractivity contribution in [1.29, 1.82) is 0 Å². The number of esters is 1. The Labute approximate surface area is 123 Å². The average molecular weight is 293 g/mol. The minimum Gasteiger partial charge on any atom is -0.496 e. The molecule has 0 aromatic heterocycles. The summed E-state index contributed by atoms with van der Waals surface area (Å²) in [5.41, 5.74) is 1.69. The lowest BCUT2D eigenvalue weighted by molar-refractivity contribution is -0.119. The van der Waals surface area contributed by atoms with Crippen molar-refractivity contribution in [1.82, 2.24) is 0 Å². The number of methoxy groups -OCH3 is 2. The van der Waals surface area contributed by atoms with E-state index < -0.39 is 12.2 Å². The van der Waals surface area contributed by atoms with Gasteiger partial charge in [0, 0.05) is 18.9 Å². The molecule has 0 fully saturated rings. The highest BCUT2D eigenvalue weighted by atomic mass is 16.5. The fraction of sp³-hybridized carbons (Fsp3) is 0.467. The molecular weight excluding hydrogens is 274 g/mol. The topological polar surface area (TPSA) is 76.1 Å². The Morgan fingerprint density at radius 3 is 2.52 bits per heavy atom. The number of anilines is 1. The number of hydrogen-bond donors (Lipinski definition) is 1. The van der Waals surface area contributed by atoms with Gasteiger partial charge in [0.2, 0.25) is 5.91 Å². The van der Waals surface area contributed by atoms with E-state index >= 15 is 0 Å². The van der Waals surface area contributed by atoms with Crippen LogP contribution in [0.2, 0.25) is 0 Å². The van der Waals surface area contributed by atoms with Gasteiger partial charge in [0.25, 0.3) is 0 Å². The normalized spacial score (nSPS) is 20.7. The van der Waals surface area contributed by atoms with Crippen LogP contribution in [0.3, 0.4) is 0 Å². The summed E-state index contributed by atoms with van der Waals surface area (Å²) in [6.45, 7) is 3.25. The van der Waals surface area contributed by atoms with Gasteiger partial charge in [0.1, 0.15) is 17.5 Å². The van der Waals surface area contributed by atoms with E-state index in [2.05, 4.69) is 0 Å². The number of carbonyl (C=O) groups excluding carboxylic acids is 2. The SMILES string of the molecule is COC(=O)c1cc2c(cc1OC)N(C(C)=O)C(O)C(C)C2. The van der Waals surface area contributed by atoms with Crippen LogP contribution in [0, 0.1) is 5.92 Å². The summed E-state index contributed by atoms with van der Waals surface area (Å²) in [4.78, 5) is 25.0. The van der Waals surface area contributed by atoms with Gasteiger partial charge in [-0.25, -0.2) is 4.79 Å². The second-order valence-electron chi connectivity index (χ2n) is 5.16. The van der Waals surface area contributed by atoms with Crippen molar-refractivity contribution in [3.8, 4) is 5.75 Å². The van der Waals surface area contributed by atoms with Crippen molar-refractivity contribution in [3.05, 3.63) is 23.3 Å². The molecule has 2 rings (SSSR count). The zero-order valence-electron chi connectivity index (χ0n) is 12.5. The fourth-order valence-corrected chi connectivity index (χ4v) is 2.65. The number of benzene rings is 1. The monoisotopic (exact) mass is 293 g/mol. The molecule has 1 heterocycles. The van der Waals surface area contributed by atoms with Crippen LogP contribution in [0.25, 0.3) is 0 Å². The summed E-state index contributed by atoms with van der Waals surface area (Å²) in [6, 6.07) is 3.26. The van der Waals surface area contributed by atoms with Crippen molar-refractivity contribution in [2.24, 2.45) is 5.92 Å². The molecule has 1 amide bonds. The molecule has 0 radical (unpaired) electrons. The molecule has 114 valence electrons. The minimum absolute atomic E-state index is 0.125. The van der Waals surface area contributed by atoms with Crippen molar-refractivity contribution in [2.75, 3.05) is 19.1 Å². The molecule has 1 aliphatic heterocycles. The molecule has 0 saturated carbocycles. The molecule has 0 saturated heterocycles. The second-order valence-corrected chi connectivity index (χ2v) is 5.16. The lowest BCUT2D eigenvalue weighted by Crippen LogP contribution is -2.47. The Bertz CT molecular complexity index is 584. The van der Waals surface area contributed by atoms with Gasteiger partial charge in [-0.1, -0.05) is 6.92 Å². The van der Waals surface area contributed by atoms with Gasteiger partial charge >= 0.3 is 5.97 Å². The first-order valence-electron chi connectivity index (χ1n) is 6.67. The number of fused-ring (bicyclic) bond motifs is 1. The lowest BCUT2D eigenvalue weighted by atomic mass is 9.90. The first-order valence-corrected chi connectivity index (χ1v) is 6.67. The van der Waals surface area contributed by atoms with Gasteiger partial charge in [-0.2, -0.15) is 0 Å². The van der Waals surface area contributed by atoms with Crippen LogP contribution < -0.4 is 9.64 Å². The molecule has 1 aromatic carbocycles. The Balaban J connectivity index is 2.61. The first kappa shape index (κ1) is 15.3. The third-order valence-corrected chi connectivity index (χ3v) is 3.72. The quantitative estimate of drug-likeness (QED) is 0.833. The maximum Gasteiger partial charge on any atom is 0.341 e. The average Bonchev–Trinajstić information content (AvgIpc) is 2.46. The van der Waals surface area contributed by atoms with Crippen LogP contribution in [-0.4, -0.2) is 37.4 Å². The molecule has 1 aromatic rings. The molecular formula is C15H19NO5. The molecule has 0 aliphatic carbocycles. The van der Waals surface area contributed by atoms with E-state index in [0.717, 1.165) is 5.56 Å². The zero-order valence-corrected chi connectivity index (χ0v) is 12.5. The van der Waals surface area contributed by atoms with Crippen LogP contribution in [0.4, 0.5) is 5.69 Å². The van der Waals surface area contributed by atoms with Crippen molar-refractivity contribution in [3.63, 3.8) is 0 Å². The molecule has 6 nitrogen and oxygen atoms in total. The third kappa shape index (κ3) is 2.58. The van der Waals surface area contributed by atoms with Crippen LogP contribution >= 0.6 is 0 Å². The molecule has 2 atom stereocenters. The second kappa shape index (κ2) is 5.73. The van der Waals surface area contributed by atoms with E-state index in [1.807, 2.05) is 6.92 Å². The van der Waals surface area contributed by atoms with Gasteiger partial charge in [-0.3, -0.25) is 9.69 Å². The first-order chi connectivity index (χ1) is 9.90. The van der Waals surface area contributed by atoms with Crippen LogP contribution in [0.1, 0.15) is 29.8 Å². The maximum absolute atomic E-state index is 11.8. The highest BCUT2D eigenvalue weighted by Crippen LogP contribution is 2.37. The zero-order chi connectivity index (χ0) is 15.7. The van der Waals surface area contributed by atoms with Crippen molar-refractivity contribution < 1.29 is 24.2 Å². The number of aliphatic hydroxyl groups is 1. The van der Waals surface area contributed by atoms with E-state index in [-0.39, 0.29) is 11.8 Å². The number of nitrogens with zero attached hydrogens (tertiary/aromatic N) is 1. The smallest absolute Gasteiger partial charge is 0.341 e. The predicted molar refractivity (Wildman–Crippen MR) is 76.4 cm³/mol. The Morgan fingerprint density at radius 2 is 2.00 bits per heavy atom. The standard InChI is InChI=1S/C15H19NO5/c1-8-5-10-6-11(15(19)21-4)13(20-3)7-12(10)16(9(2)17)14(8)18/h6-8,14,18H,5H2,1-4H3. The molecule has 1 N–H and O–H groups in total. The van der Waals surface area contributed by atoms with Crippen LogP contribution in [0.5, 0.6) is 5.75 Å². The lowest BCUT2D eigenvalue weighted by Gasteiger charge is -2.37. The number of ether oxygens (including phenoxy) is 2. The van der Waals surface area contributed by atoms with Gasteiger partial charge in [-0.15, -0.1) is 0 Å². The summed E-state index contributed by atoms with van der Waals surface area (Å²) >= 11 is 0. The minimum atomic E-state index is -0.885. The number of amides is 1. The van der Waals surface area contributed by atoms with Gasteiger partial charge in [0.05, 0.1) is 19.9 Å². The van der Waals surface area contributed by atoms with Crippen LogP contribution in [0.15, 0.2) is 12.1 Å². The van der Waals surface area contributed by atoms with Gasteiger partial charge < -0.3 is 14.6 Å².